The van der Waals surface area contributed by atoms with Gasteiger partial charge in [0.05, 0.1) is 12.7 Å². The number of hydrogen-bond acceptors (Lipinski definition) is 4. The topological polar surface area (TPSA) is 59.4 Å². The smallest absolute Gasteiger partial charge is 0.212 e. The van der Waals surface area contributed by atoms with Gasteiger partial charge < -0.3 is 9.84 Å². The standard InChI is InChI=1S/C14H17NO3/c1-18-13-3-2-11(8-15-13)14(17)6-9-4-12(16)5-10(9)7-14/h2-3,8-10,17H,4-7H2,1H3. The van der Waals surface area contributed by atoms with E-state index in [9.17, 15) is 9.90 Å². The number of rotatable bonds is 2. The highest BCUT2D eigenvalue weighted by atomic mass is 16.5. The molecular weight excluding hydrogens is 230 g/mol. The molecule has 2 fully saturated rings. The van der Waals surface area contributed by atoms with Crippen LogP contribution >= 0.6 is 0 Å². The second kappa shape index (κ2) is 4.05. The van der Waals surface area contributed by atoms with Gasteiger partial charge in [0.15, 0.2) is 0 Å². The predicted octanol–water partition coefficient (Wildman–Crippen LogP) is 1.67. The molecule has 2 aliphatic carbocycles. The zero-order chi connectivity index (χ0) is 12.8. The highest BCUT2D eigenvalue weighted by molar-refractivity contribution is 5.81. The van der Waals surface area contributed by atoms with Crippen LogP contribution in [0.15, 0.2) is 18.3 Å². The third-order valence-corrected chi connectivity index (χ3v) is 4.33. The lowest BCUT2D eigenvalue weighted by Crippen LogP contribution is -2.23. The van der Waals surface area contributed by atoms with Gasteiger partial charge in [-0.05, 0) is 30.7 Å². The van der Waals surface area contributed by atoms with Crippen molar-refractivity contribution < 1.29 is 14.6 Å². The van der Waals surface area contributed by atoms with E-state index in [0.29, 0.717) is 49.2 Å². The molecule has 0 spiro atoms. The summed E-state index contributed by atoms with van der Waals surface area (Å²) in [6.07, 6.45) is 4.31. The molecule has 2 unspecified atom stereocenters. The Balaban J connectivity index is 1.82. The number of ether oxygens (including phenoxy) is 1. The van der Waals surface area contributed by atoms with Crippen molar-refractivity contribution in [3.8, 4) is 5.88 Å². The highest BCUT2D eigenvalue weighted by Crippen LogP contribution is 2.51. The number of hydrogen-bond donors (Lipinski definition) is 1. The summed E-state index contributed by atoms with van der Waals surface area (Å²) in [6, 6.07) is 3.64. The van der Waals surface area contributed by atoms with Gasteiger partial charge in [-0.15, -0.1) is 0 Å². The molecular formula is C14H17NO3. The summed E-state index contributed by atoms with van der Waals surface area (Å²) in [5, 5.41) is 10.7. The van der Waals surface area contributed by atoms with Crippen molar-refractivity contribution in [3.05, 3.63) is 23.9 Å². The van der Waals surface area contributed by atoms with Crippen LogP contribution in [-0.2, 0) is 10.4 Å². The van der Waals surface area contributed by atoms with Gasteiger partial charge in [0.25, 0.3) is 0 Å². The monoisotopic (exact) mass is 247 g/mol. The van der Waals surface area contributed by atoms with Crippen molar-refractivity contribution in [2.24, 2.45) is 11.8 Å². The first-order valence-electron chi connectivity index (χ1n) is 6.35. The fraction of sp³-hybridized carbons (Fsp3) is 0.571. The summed E-state index contributed by atoms with van der Waals surface area (Å²) >= 11 is 0. The fourth-order valence-electron chi connectivity index (χ4n) is 3.44. The number of methoxy groups -OCH3 is 1. The molecule has 3 rings (SSSR count). The van der Waals surface area contributed by atoms with Gasteiger partial charge in [-0.3, -0.25) is 4.79 Å². The van der Waals surface area contributed by atoms with Crippen molar-refractivity contribution in [3.63, 3.8) is 0 Å². The molecule has 0 bridgehead atoms. The molecule has 2 saturated carbocycles. The van der Waals surface area contributed by atoms with E-state index < -0.39 is 5.60 Å². The third kappa shape index (κ3) is 1.81. The number of Topliss-reactive ketones (excluding diaryl/α,β-unsaturated/α-hetero) is 1. The lowest BCUT2D eigenvalue weighted by Gasteiger charge is -2.23. The molecule has 4 heteroatoms. The number of aliphatic hydroxyl groups is 1. The predicted molar refractivity (Wildman–Crippen MR) is 65.1 cm³/mol. The van der Waals surface area contributed by atoms with E-state index in [0.717, 1.165) is 5.56 Å². The SMILES string of the molecule is COc1ccc(C2(O)CC3CC(=O)CC3C2)cn1. The molecule has 0 amide bonds. The van der Waals surface area contributed by atoms with Crippen LogP contribution in [0.4, 0.5) is 0 Å². The fourth-order valence-corrected chi connectivity index (χ4v) is 3.44. The first kappa shape index (κ1) is 11.7. The van der Waals surface area contributed by atoms with Crippen LogP contribution in [0.3, 0.4) is 0 Å². The number of carbonyl (C=O) groups is 1. The van der Waals surface area contributed by atoms with Gasteiger partial charge in [0.1, 0.15) is 5.78 Å². The lowest BCUT2D eigenvalue weighted by atomic mass is 9.90. The Hall–Kier alpha value is -1.42. The Morgan fingerprint density at radius 1 is 1.33 bits per heavy atom. The summed E-state index contributed by atoms with van der Waals surface area (Å²) in [4.78, 5) is 15.5. The molecule has 0 radical (unpaired) electrons. The minimum atomic E-state index is -0.810. The van der Waals surface area contributed by atoms with Crippen molar-refractivity contribution in [2.75, 3.05) is 7.11 Å². The number of aromatic nitrogens is 1. The molecule has 18 heavy (non-hydrogen) atoms. The van der Waals surface area contributed by atoms with Crippen molar-refractivity contribution in [1.29, 1.82) is 0 Å². The Morgan fingerprint density at radius 3 is 2.50 bits per heavy atom. The molecule has 0 saturated heterocycles. The van der Waals surface area contributed by atoms with E-state index in [1.54, 1.807) is 19.4 Å². The lowest BCUT2D eigenvalue weighted by molar-refractivity contribution is -0.118. The van der Waals surface area contributed by atoms with Crippen LogP contribution in [0.2, 0.25) is 0 Å². The minimum absolute atomic E-state index is 0.347. The Labute approximate surface area is 106 Å². The largest absolute Gasteiger partial charge is 0.481 e. The number of nitrogens with zero attached hydrogens (tertiary/aromatic N) is 1. The van der Waals surface area contributed by atoms with Gasteiger partial charge >= 0.3 is 0 Å². The van der Waals surface area contributed by atoms with E-state index in [4.69, 9.17) is 4.74 Å². The van der Waals surface area contributed by atoms with Gasteiger partial charge in [-0.1, -0.05) is 0 Å². The van der Waals surface area contributed by atoms with Gasteiger partial charge in [0.2, 0.25) is 5.88 Å². The molecule has 0 aliphatic heterocycles. The second-order valence-electron chi connectivity index (χ2n) is 5.50. The second-order valence-corrected chi connectivity index (χ2v) is 5.50. The normalized spacial score (nSPS) is 34.7. The van der Waals surface area contributed by atoms with Crippen LogP contribution in [-0.4, -0.2) is 23.0 Å². The maximum absolute atomic E-state index is 11.4. The first-order chi connectivity index (χ1) is 8.60. The first-order valence-corrected chi connectivity index (χ1v) is 6.35. The minimum Gasteiger partial charge on any atom is -0.481 e. The molecule has 96 valence electrons. The molecule has 2 atom stereocenters. The Bertz CT molecular complexity index is 452. The van der Waals surface area contributed by atoms with Crippen molar-refractivity contribution >= 4 is 5.78 Å². The summed E-state index contributed by atoms with van der Waals surface area (Å²) in [5.41, 5.74) is 0.0279. The van der Waals surface area contributed by atoms with Crippen LogP contribution < -0.4 is 4.74 Å². The molecule has 0 aromatic carbocycles. The average Bonchev–Trinajstić information content (AvgIpc) is 2.83. The number of ketones is 1. The zero-order valence-corrected chi connectivity index (χ0v) is 10.4. The van der Waals surface area contributed by atoms with Gasteiger partial charge in [-0.25, -0.2) is 4.98 Å². The highest BCUT2D eigenvalue weighted by Gasteiger charge is 2.49. The summed E-state index contributed by atoms with van der Waals surface area (Å²) in [6.45, 7) is 0. The molecule has 1 aromatic rings. The van der Waals surface area contributed by atoms with Crippen LogP contribution in [0, 0.1) is 11.8 Å². The van der Waals surface area contributed by atoms with E-state index >= 15 is 0 Å². The summed E-state index contributed by atoms with van der Waals surface area (Å²) < 4.78 is 5.02. The van der Waals surface area contributed by atoms with Crippen molar-refractivity contribution in [1.82, 2.24) is 4.98 Å². The Morgan fingerprint density at radius 2 is 2.00 bits per heavy atom. The van der Waals surface area contributed by atoms with Gasteiger partial charge in [0, 0.05) is 30.7 Å². The van der Waals surface area contributed by atoms with Gasteiger partial charge in [-0.2, -0.15) is 0 Å². The van der Waals surface area contributed by atoms with E-state index in [2.05, 4.69) is 4.98 Å². The van der Waals surface area contributed by atoms with Crippen molar-refractivity contribution in [2.45, 2.75) is 31.3 Å². The maximum atomic E-state index is 11.4. The molecule has 1 heterocycles. The quantitative estimate of drug-likeness (QED) is 0.863. The van der Waals surface area contributed by atoms with E-state index in [-0.39, 0.29) is 0 Å². The third-order valence-electron chi connectivity index (χ3n) is 4.33. The summed E-state index contributed by atoms with van der Waals surface area (Å²) in [7, 11) is 1.57. The zero-order valence-electron chi connectivity index (χ0n) is 10.4. The maximum Gasteiger partial charge on any atom is 0.212 e. The van der Waals surface area contributed by atoms with Crippen LogP contribution in [0.5, 0.6) is 5.88 Å². The molecule has 2 aliphatic rings. The Kier molecular flexibility index (Phi) is 2.63. The van der Waals surface area contributed by atoms with E-state index in [1.165, 1.54) is 0 Å². The molecule has 1 aromatic heterocycles. The number of pyridine rings is 1. The van der Waals surface area contributed by atoms with E-state index in [1.807, 2.05) is 6.07 Å². The number of carbonyl (C=O) groups excluding carboxylic acids is 1. The average molecular weight is 247 g/mol. The number of fused-ring (bicyclic) bond motifs is 1. The van der Waals surface area contributed by atoms with Crippen LogP contribution in [0.1, 0.15) is 31.2 Å². The van der Waals surface area contributed by atoms with Crippen LogP contribution in [0.25, 0.3) is 0 Å². The molecule has 1 N–H and O–H groups in total. The molecule has 4 nitrogen and oxygen atoms in total. The summed E-state index contributed by atoms with van der Waals surface area (Å²) in [5.74, 6) is 1.60.